The van der Waals surface area contributed by atoms with Gasteiger partial charge in [0.25, 0.3) is 0 Å². The average molecular weight is 393 g/mol. The summed E-state index contributed by atoms with van der Waals surface area (Å²) < 4.78 is 40.5. The van der Waals surface area contributed by atoms with Gasteiger partial charge in [0.15, 0.2) is 0 Å². The van der Waals surface area contributed by atoms with E-state index in [1.807, 2.05) is 13.8 Å². The summed E-state index contributed by atoms with van der Waals surface area (Å²) in [7, 11) is 0. The van der Waals surface area contributed by atoms with Crippen LogP contribution in [0.1, 0.15) is 25.0 Å². The molecule has 0 spiro atoms. The van der Waals surface area contributed by atoms with Gasteiger partial charge in [-0.3, -0.25) is 4.79 Å². The maximum Gasteiger partial charge on any atom is 0.417 e. The van der Waals surface area contributed by atoms with Crippen LogP contribution in [0, 0.1) is 11.3 Å². The van der Waals surface area contributed by atoms with Gasteiger partial charge >= 0.3 is 6.18 Å². The van der Waals surface area contributed by atoms with Crippen LogP contribution in [0.15, 0.2) is 41.4 Å². The van der Waals surface area contributed by atoms with Crippen LogP contribution < -0.4 is 0 Å². The van der Waals surface area contributed by atoms with Crippen LogP contribution in [0.5, 0.6) is 0 Å². The zero-order valence-corrected chi connectivity index (χ0v) is 15.7. The number of amides is 1. The number of carbonyl (C=O) groups excluding carboxylic acids is 1. The molecular weight excluding hydrogens is 375 g/mol. The molecule has 0 unspecified atom stereocenters. The van der Waals surface area contributed by atoms with Gasteiger partial charge in [0, 0.05) is 18.7 Å². The second-order valence-corrected chi connectivity index (χ2v) is 6.53. The van der Waals surface area contributed by atoms with Gasteiger partial charge in [-0.1, -0.05) is 42.1 Å². The van der Waals surface area contributed by atoms with E-state index in [1.165, 1.54) is 0 Å². The van der Waals surface area contributed by atoms with Crippen LogP contribution in [0.2, 0.25) is 0 Å². The van der Waals surface area contributed by atoms with Crippen molar-refractivity contribution in [1.82, 2.24) is 9.88 Å². The molecule has 0 aliphatic rings. The Morgan fingerprint density at radius 3 is 2.37 bits per heavy atom. The smallest absolute Gasteiger partial charge is 0.343 e. The van der Waals surface area contributed by atoms with E-state index in [1.54, 1.807) is 41.3 Å². The second-order valence-electron chi connectivity index (χ2n) is 5.57. The Morgan fingerprint density at radius 1 is 1.22 bits per heavy atom. The van der Waals surface area contributed by atoms with Crippen molar-refractivity contribution in [2.75, 3.05) is 18.8 Å². The molecule has 27 heavy (non-hydrogen) atoms. The fraction of sp³-hybridized carbons (Fsp3) is 0.316. The summed E-state index contributed by atoms with van der Waals surface area (Å²) in [4.78, 5) is 18.0. The number of nitrogens with zero attached hydrogens (tertiary/aromatic N) is 3. The number of carbonyl (C=O) groups is 1. The minimum absolute atomic E-state index is 0.0844. The topological polar surface area (TPSA) is 57.0 Å². The monoisotopic (exact) mass is 393 g/mol. The van der Waals surface area contributed by atoms with Crippen molar-refractivity contribution in [3.63, 3.8) is 0 Å². The molecule has 142 valence electrons. The van der Waals surface area contributed by atoms with Crippen LogP contribution in [0.4, 0.5) is 13.2 Å². The normalized spacial score (nSPS) is 11.1. The Hall–Kier alpha value is -2.53. The largest absolute Gasteiger partial charge is 0.417 e. The van der Waals surface area contributed by atoms with E-state index < -0.39 is 17.3 Å². The van der Waals surface area contributed by atoms with Crippen molar-refractivity contribution in [3.8, 4) is 17.3 Å². The first-order valence-electron chi connectivity index (χ1n) is 8.30. The van der Waals surface area contributed by atoms with E-state index in [4.69, 9.17) is 0 Å². The van der Waals surface area contributed by atoms with Crippen LogP contribution >= 0.6 is 11.8 Å². The van der Waals surface area contributed by atoms with Crippen molar-refractivity contribution in [2.45, 2.75) is 25.0 Å². The molecule has 0 atom stereocenters. The van der Waals surface area contributed by atoms with Crippen LogP contribution in [-0.4, -0.2) is 34.6 Å². The van der Waals surface area contributed by atoms with Gasteiger partial charge in [-0.15, -0.1) is 0 Å². The molecule has 0 aliphatic carbocycles. The van der Waals surface area contributed by atoms with E-state index >= 15 is 0 Å². The third-order valence-electron chi connectivity index (χ3n) is 3.92. The molecule has 0 N–H and O–H groups in total. The molecule has 2 aromatic rings. The molecule has 1 aromatic carbocycles. The van der Waals surface area contributed by atoms with Crippen molar-refractivity contribution in [1.29, 1.82) is 5.26 Å². The number of aromatic nitrogens is 1. The summed E-state index contributed by atoms with van der Waals surface area (Å²) in [5, 5.41) is 9.20. The van der Waals surface area contributed by atoms with Gasteiger partial charge in [-0.2, -0.15) is 18.4 Å². The van der Waals surface area contributed by atoms with Gasteiger partial charge in [-0.25, -0.2) is 4.98 Å². The van der Waals surface area contributed by atoms with Crippen molar-refractivity contribution < 1.29 is 18.0 Å². The fourth-order valence-corrected chi connectivity index (χ4v) is 3.42. The third-order valence-corrected chi connectivity index (χ3v) is 4.88. The van der Waals surface area contributed by atoms with Crippen molar-refractivity contribution in [2.24, 2.45) is 0 Å². The number of halogens is 3. The lowest BCUT2D eigenvalue weighted by molar-refractivity contribution is -0.138. The fourth-order valence-electron chi connectivity index (χ4n) is 2.51. The first kappa shape index (κ1) is 20.8. The summed E-state index contributed by atoms with van der Waals surface area (Å²) in [6, 6.07) is 10.9. The van der Waals surface area contributed by atoms with E-state index in [9.17, 15) is 23.2 Å². The SMILES string of the molecule is CCN(CC)C(=O)CSc1nc(-c2ccccc2)cc(C(F)(F)F)c1C#N. The molecule has 0 bridgehead atoms. The Morgan fingerprint density at radius 2 is 1.85 bits per heavy atom. The lowest BCUT2D eigenvalue weighted by Crippen LogP contribution is -2.31. The summed E-state index contributed by atoms with van der Waals surface area (Å²) in [6.45, 7) is 4.66. The second kappa shape index (κ2) is 8.91. The highest BCUT2D eigenvalue weighted by Gasteiger charge is 2.36. The number of benzene rings is 1. The molecule has 0 fully saturated rings. The van der Waals surface area contributed by atoms with Crippen LogP contribution in [0.25, 0.3) is 11.3 Å². The molecule has 2 rings (SSSR count). The van der Waals surface area contributed by atoms with Gasteiger partial charge in [0.1, 0.15) is 11.1 Å². The minimum atomic E-state index is -4.70. The molecule has 8 heteroatoms. The highest BCUT2D eigenvalue weighted by molar-refractivity contribution is 8.00. The predicted molar refractivity (Wildman–Crippen MR) is 98.0 cm³/mol. The first-order valence-corrected chi connectivity index (χ1v) is 9.28. The van der Waals surface area contributed by atoms with Crippen LogP contribution in [0.3, 0.4) is 0 Å². The Kier molecular flexibility index (Phi) is 6.86. The van der Waals surface area contributed by atoms with Crippen molar-refractivity contribution in [3.05, 3.63) is 47.5 Å². The third kappa shape index (κ3) is 5.01. The molecule has 0 saturated carbocycles. The number of alkyl halides is 3. The zero-order valence-electron chi connectivity index (χ0n) is 14.9. The lowest BCUT2D eigenvalue weighted by Gasteiger charge is -2.19. The number of hydrogen-bond donors (Lipinski definition) is 0. The minimum Gasteiger partial charge on any atom is -0.343 e. The molecular formula is C19H18F3N3OS. The Labute approximate surface area is 160 Å². The quantitative estimate of drug-likeness (QED) is 0.673. The maximum atomic E-state index is 13.5. The van der Waals surface area contributed by atoms with E-state index in [0.29, 0.717) is 18.7 Å². The molecule has 0 radical (unpaired) electrons. The van der Waals surface area contributed by atoms with E-state index in [0.717, 1.165) is 17.8 Å². The number of rotatable bonds is 6. The Bertz CT molecular complexity index is 844. The average Bonchev–Trinajstić information content (AvgIpc) is 2.66. The Balaban J connectivity index is 2.48. The lowest BCUT2D eigenvalue weighted by atomic mass is 10.1. The van der Waals surface area contributed by atoms with Gasteiger partial charge in [0.2, 0.25) is 5.91 Å². The molecule has 0 aliphatic heterocycles. The summed E-state index contributed by atoms with van der Waals surface area (Å²) >= 11 is 0.853. The molecule has 4 nitrogen and oxygen atoms in total. The summed E-state index contributed by atoms with van der Waals surface area (Å²) in [6.07, 6.45) is -4.70. The standard InChI is InChI=1S/C19H18F3N3OS/c1-3-25(4-2)17(26)12-27-18-14(11-23)15(19(20,21)22)10-16(24-18)13-8-6-5-7-9-13/h5-10H,3-4,12H2,1-2H3. The van der Waals surface area contributed by atoms with Gasteiger partial charge in [0.05, 0.1) is 22.6 Å². The summed E-state index contributed by atoms with van der Waals surface area (Å²) in [5.74, 6) is -0.298. The number of pyridine rings is 1. The first-order chi connectivity index (χ1) is 12.8. The van der Waals surface area contributed by atoms with Crippen molar-refractivity contribution >= 4 is 17.7 Å². The van der Waals surface area contributed by atoms with E-state index in [-0.39, 0.29) is 22.4 Å². The predicted octanol–water partition coefficient (Wildman–Crippen LogP) is 4.60. The molecule has 1 amide bonds. The highest BCUT2D eigenvalue weighted by Crippen LogP contribution is 2.37. The summed E-state index contributed by atoms with van der Waals surface area (Å²) in [5.41, 5.74) is -0.986. The maximum absolute atomic E-state index is 13.5. The molecule has 1 aromatic heterocycles. The zero-order chi connectivity index (χ0) is 20.0. The number of nitriles is 1. The number of hydrogen-bond acceptors (Lipinski definition) is 4. The number of thioether (sulfide) groups is 1. The van der Waals surface area contributed by atoms with Gasteiger partial charge < -0.3 is 4.90 Å². The highest BCUT2D eigenvalue weighted by atomic mass is 32.2. The van der Waals surface area contributed by atoms with E-state index in [2.05, 4.69) is 4.98 Å². The van der Waals surface area contributed by atoms with Crippen LogP contribution in [-0.2, 0) is 11.0 Å². The molecule has 0 saturated heterocycles. The van der Waals surface area contributed by atoms with Gasteiger partial charge in [-0.05, 0) is 19.9 Å². The molecule has 1 heterocycles.